The van der Waals surface area contributed by atoms with Gasteiger partial charge in [-0.25, -0.2) is 22.2 Å². The number of allylic oxidation sites excluding steroid dienone is 1. The molecule has 2 fully saturated rings. The SMILES string of the molecule is Cl.NC/C=C(\F)Cn1nnc2c(-c3cccc(S(=O)(=O)NC4CC4)c3)cc(C(=O)N3CCCC3)cc21. The maximum absolute atomic E-state index is 14.3. The van der Waals surface area contributed by atoms with E-state index >= 15 is 0 Å². The first-order valence-corrected chi connectivity index (χ1v) is 13.2. The largest absolute Gasteiger partial charge is 0.339 e. The highest BCUT2D eigenvalue weighted by atomic mass is 35.5. The summed E-state index contributed by atoms with van der Waals surface area (Å²) in [6.45, 7) is 1.24. The molecule has 1 saturated carbocycles. The Morgan fingerprint density at radius 1 is 1.19 bits per heavy atom. The number of carbonyl (C=O) groups excluding carboxylic acids is 1. The number of aromatic nitrogens is 3. The molecule has 2 heterocycles. The third-order valence-electron chi connectivity index (χ3n) is 6.26. The van der Waals surface area contributed by atoms with Gasteiger partial charge in [-0.15, -0.1) is 17.5 Å². The first kappa shape index (κ1) is 26.2. The molecule has 12 heteroatoms. The Morgan fingerprint density at radius 3 is 2.64 bits per heavy atom. The Labute approximate surface area is 215 Å². The van der Waals surface area contributed by atoms with E-state index in [-0.39, 0.29) is 42.3 Å². The Bertz CT molecular complexity index is 1410. The van der Waals surface area contributed by atoms with E-state index in [1.165, 1.54) is 16.8 Å². The Kier molecular flexibility index (Phi) is 7.74. The molecule has 0 spiro atoms. The summed E-state index contributed by atoms with van der Waals surface area (Å²) in [5.74, 6) is -0.591. The number of fused-ring (bicyclic) bond motifs is 1. The van der Waals surface area contributed by atoms with Crippen molar-refractivity contribution in [1.29, 1.82) is 0 Å². The molecule has 1 aliphatic heterocycles. The normalized spacial score (nSPS) is 16.4. The average Bonchev–Trinajstić information content (AvgIpc) is 3.31. The van der Waals surface area contributed by atoms with Gasteiger partial charge < -0.3 is 10.6 Å². The fourth-order valence-electron chi connectivity index (χ4n) is 4.29. The van der Waals surface area contributed by atoms with Crippen LogP contribution in [-0.4, -0.2) is 59.9 Å². The standard InChI is InChI=1S/C24H27FN6O3S.ClH/c25-18(8-9-26)15-31-22-14-17(24(32)30-10-1-2-11-30)13-21(23(22)27-29-31)16-4-3-5-20(12-16)35(33,34)28-19-6-7-19;/h3-5,8,12-14,19,28H,1-2,6-7,9-11,15,26H2;1H/b18-8-;. The molecular weight excluding hydrogens is 507 g/mol. The second-order valence-corrected chi connectivity index (χ2v) is 10.7. The van der Waals surface area contributed by atoms with Gasteiger partial charge >= 0.3 is 0 Å². The lowest BCUT2D eigenvalue weighted by Gasteiger charge is -2.16. The van der Waals surface area contributed by atoms with E-state index in [4.69, 9.17) is 5.73 Å². The third-order valence-corrected chi connectivity index (χ3v) is 7.77. The number of hydrogen-bond acceptors (Lipinski definition) is 6. The maximum atomic E-state index is 14.3. The second kappa shape index (κ2) is 10.6. The first-order chi connectivity index (χ1) is 16.9. The van der Waals surface area contributed by atoms with Crippen molar-refractivity contribution >= 4 is 39.4 Å². The number of benzene rings is 2. The number of rotatable bonds is 8. The molecule has 2 aliphatic rings. The molecule has 36 heavy (non-hydrogen) atoms. The van der Waals surface area contributed by atoms with Crippen molar-refractivity contribution < 1.29 is 17.6 Å². The quantitative estimate of drug-likeness (QED) is 0.458. The van der Waals surface area contributed by atoms with Crippen molar-refractivity contribution in [2.24, 2.45) is 5.73 Å². The van der Waals surface area contributed by atoms with Crippen LogP contribution in [0.1, 0.15) is 36.0 Å². The number of nitrogens with zero attached hydrogens (tertiary/aromatic N) is 4. The van der Waals surface area contributed by atoms with Crippen molar-refractivity contribution in [3.05, 3.63) is 53.9 Å². The second-order valence-electron chi connectivity index (χ2n) is 8.95. The lowest BCUT2D eigenvalue weighted by atomic mass is 10.0. The van der Waals surface area contributed by atoms with E-state index in [0.29, 0.717) is 40.8 Å². The van der Waals surface area contributed by atoms with Gasteiger partial charge in [-0.2, -0.15) is 0 Å². The van der Waals surface area contributed by atoms with Gasteiger partial charge in [0.2, 0.25) is 10.0 Å². The van der Waals surface area contributed by atoms with Crippen LogP contribution in [0.15, 0.2) is 53.2 Å². The summed E-state index contributed by atoms with van der Waals surface area (Å²) < 4.78 is 43.9. The molecule has 1 aromatic heterocycles. The molecular formula is C24H28ClFN6O3S. The van der Waals surface area contributed by atoms with Gasteiger partial charge in [0.15, 0.2) is 0 Å². The van der Waals surface area contributed by atoms with Crippen LogP contribution in [0.5, 0.6) is 0 Å². The highest BCUT2D eigenvalue weighted by molar-refractivity contribution is 7.89. The van der Waals surface area contributed by atoms with Gasteiger partial charge in [0.05, 0.1) is 17.0 Å². The number of carbonyl (C=O) groups is 1. The van der Waals surface area contributed by atoms with Gasteiger partial charge in [0.1, 0.15) is 11.3 Å². The van der Waals surface area contributed by atoms with E-state index in [2.05, 4.69) is 15.0 Å². The predicted molar refractivity (Wildman–Crippen MR) is 137 cm³/mol. The molecule has 5 rings (SSSR count). The topological polar surface area (TPSA) is 123 Å². The molecule has 0 atom stereocenters. The highest BCUT2D eigenvalue weighted by Gasteiger charge is 2.28. The van der Waals surface area contributed by atoms with Gasteiger partial charge in [-0.3, -0.25) is 4.79 Å². The molecule has 0 bridgehead atoms. The zero-order valence-electron chi connectivity index (χ0n) is 19.6. The summed E-state index contributed by atoms with van der Waals surface area (Å²) >= 11 is 0. The summed E-state index contributed by atoms with van der Waals surface area (Å²) in [5, 5.41) is 8.36. The Hall–Kier alpha value is -2.86. The van der Waals surface area contributed by atoms with Crippen LogP contribution in [0.3, 0.4) is 0 Å². The predicted octanol–water partition coefficient (Wildman–Crippen LogP) is 3.01. The molecule has 3 aromatic rings. The number of amides is 1. The van der Waals surface area contributed by atoms with Crippen LogP contribution in [0, 0.1) is 0 Å². The van der Waals surface area contributed by atoms with Crippen LogP contribution in [-0.2, 0) is 16.6 Å². The number of hydrogen-bond donors (Lipinski definition) is 2. The Morgan fingerprint density at radius 2 is 1.94 bits per heavy atom. The van der Waals surface area contributed by atoms with Crippen LogP contribution in [0.2, 0.25) is 0 Å². The van der Waals surface area contributed by atoms with Crippen molar-refractivity contribution in [3.8, 4) is 11.1 Å². The molecule has 1 saturated heterocycles. The van der Waals surface area contributed by atoms with Gasteiger partial charge in [-0.05, 0) is 61.6 Å². The fraction of sp³-hybridized carbons (Fsp3) is 0.375. The maximum Gasteiger partial charge on any atom is 0.253 e. The fourth-order valence-corrected chi connectivity index (χ4v) is 5.64. The monoisotopic (exact) mass is 534 g/mol. The molecule has 9 nitrogen and oxygen atoms in total. The number of halogens is 2. The summed E-state index contributed by atoms with van der Waals surface area (Å²) in [4.78, 5) is 15.2. The third kappa shape index (κ3) is 5.44. The molecule has 1 amide bonds. The first-order valence-electron chi connectivity index (χ1n) is 11.7. The molecule has 1 aliphatic carbocycles. The van der Waals surface area contributed by atoms with Crippen LogP contribution < -0.4 is 10.5 Å². The molecule has 0 radical (unpaired) electrons. The zero-order valence-corrected chi connectivity index (χ0v) is 21.2. The van der Waals surface area contributed by atoms with E-state index < -0.39 is 15.9 Å². The van der Waals surface area contributed by atoms with Crippen molar-refractivity contribution in [2.45, 2.75) is 43.2 Å². The van der Waals surface area contributed by atoms with E-state index in [0.717, 1.165) is 25.7 Å². The van der Waals surface area contributed by atoms with Gasteiger partial charge in [0.25, 0.3) is 5.91 Å². The van der Waals surface area contributed by atoms with Crippen LogP contribution in [0.25, 0.3) is 22.2 Å². The van der Waals surface area contributed by atoms with E-state index in [1.807, 2.05) is 0 Å². The van der Waals surface area contributed by atoms with Crippen molar-refractivity contribution in [1.82, 2.24) is 24.6 Å². The lowest BCUT2D eigenvalue weighted by molar-refractivity contribution is 0.0793. The summed E-state index contributed by atoms with van der Waals surface area (Å²) in [7, 11) is -3.67. The van der Waals surface area contributed by atoms with Crippen molar-refractivity contribution in [2.75, 3.05) is 19.6 Å². The minimum Gasteiger partial charge on any atom is -0.339 e. The van der Waals surface area contributed by atoms with Crippen LogP contribution >= 0.6 is 12.4 Å². The molecule has 0 unspecified atom stereocenters. The zero-order chi connectivity index (χ0) is 24.6. The summed E-state index contributed by atoms with van der Waals surface area (Å²) in [6.07, 6.45) is 4.82. The van der Waals surface area contributed by atoms with E-state index in [1.54, 1.807) is 35.2 Å². The summed E-state index contributed by atoms with van der Waals surface area (Å²) in [6, 6.07) is 9.90. The summed E-state index contributed by atoms with van der Waals surface area (Å²) in [5.41, 5.74) is 7.91. The molecule has 2 aromatic carbocycles. The molecule has 3 N–H and O–H groups in total. The number of nitrogens with one attached hydrogen (secondary N) is 1. The lowest BCUT2D eigenvalue weighted by Crippen LogP contribution is -2.27. The van der Waals surface area contributed by atoms with Gasteiger partial charge in [0, 0.05) is 36.8 Å². The minimum atomic E-state index is -3.67. The van der Waals surface area contributed by atoms with E-state index in [9.17, 15) is 17.6 Å². The highest BCUT2D eigenvalue weighted by Crippen LogP contribution is 2.32. The molecule has 192 valence electrons. The smallest absolute Gasteiger partial charge is 0.253 e. The Balaban J connectivity index is 0.00000304. The number of likely N-dealkylation sites (tertiary alicyclic amines) is 1. The van der Waals surface area contributed by atoms with Gasteiger partial charge in [-0.1, -0.05) is 17.3 Å². The van der Waals surface area contributed by atoms with Crippen molar-refractivity contribution in [3.63, 3.8) is 0 Å². The number of sulfonamides is 1. The average molecular weight is 535 g/mol. The minimum absolute atomic E-state index is 0. The number of nitrogens with two attached hydrogens (primary N) is 1. The van der Waals surface area contributed by atoms with Crippen LogP contribution in [0.4, 0.5) is 4.39 Å².